The molecule has 4 atom stereocenters. The summed E-state index contributed by atoms with van der Waals surface area (Å²) in [7, 11) is 6.75. The molecule has 0 heterocycles. The molecule has 1 amide bonds. The maximum absolute atomic E-state index is 13.7. The SMILES string of the molecule is CN(C)c1ccc(O)c2c1C[C@H]1C[C@@H]3[C@@H](N(C)C)C(=O)C(C(N)=O)=C(O)[C@]3(O)C(=O)C1=C2O. The van der Waals surface area contributed by atoms with Gasteiger partial charge in [0.2, 0.25) is 5.78 Å². The molecular formula is C23H27N3O7. The standard InChI is InChI=1S/C23H27N3O7/c1-25(2)12-5-6-13(27)15-10(12)7-9-8-11-17(26(3)4)19(29)16(22(24)32)21(31)23(11,33)20(30)14(9)18(15)28/h5-6,9,11,17,27-28,31,33H,7-8H2,1-4H3,(H2,24,32)/t9-,11+,17+,23+/m0/s1. The molecule has 10 heteroatoms. The first-order valence-electron chi connectivity index (χ1n) is 10.5. The van der Waals surface area contributed by atoms with Crippen LogP contribution in [-0.4, -0.2) is 82.6 Å². The zero-order valence-corrected chi connectivity index (χ0v) is 18.8. The molecule has 0 saturated heterocycles. The van der Waals surface area contributed by atoms with Gasteiger partial charge in [-0.3, -0.25) is 19.3 Å². The van der Waals surface area contributed by atoms with Crippen LogP contribution in [0.2, 0.25) is 0 Å². The van der Waals surface area contributed by atoms with Crippen molar-refractivity contribution >= 4 is 28.9 Å². The van der Waals surface area contributed by atoms with Crippen molar-refractivity contribution in [3.8, 4) is 5.75 Å². The third-order valence-electron chi connectivity index (χ3n) is 7.06. The zero-order chi connectivity index (χ0) is 24.6. The molecule has 1 fully saturated rings. The highest BCUT2D eigenvalue weighted by molar-refractivity contribution is 6.24. The second-order valence-corrected chi connectivity index (χ2v) is 9.31. The number of aromatic hydroxyl groups is 1. The summed E-state index contributed by atoms with van der Waals surface area (Å²) in [5.74, 6) is -6.54. The molecule has 0 aromatic heterocycles. The van der Waals surface area contributed by atoms with E-state index in [0.29, 0.717) is 5.56 Å². The van der Waals surface area contributed by atoms with Crippen LogP contribution >= 0.6 is 0 Å². The van der Waals surface area contributed by atoms with Crippen molar-refractivity contribution in [2.45, 2.75) is 24.5 Å². The first kappa shape index (κ1) is 22.8. The van der Waals surface area contributed by atoms with Crippen molar-refractivity contribution in [2.24, 2.45) is 17.6 Å². The third-order valence-corrected chi connectivity index (χ3v) is 7.06. The number of hydrogen-bond acceptors (Lipinski definition) is 9. The Balaban J connectivity index is 1.99. The van der Waals surface area contributed by atoms with E-state index in [1.807, 2.05) is 19.0 Å². The van der Waals surface area contributed by atoms with Gasteiger partial charge in [-0.15, -0.1) is 0 Å². The summed E-state index contributed by atoms with van der Waals surface area (Å²) < 4.78 is 0. The number of carbonyl (C=O) groups excluding carboxylic acids is 3. The Morgan fingerprint density at radius 1 is 1.12 bits per heavy atom. The fraction of sp³-hybridized carbons (Fsp3) is 0.435. The van der Waals surface area contributed by atoms with Crippen molar-refractivity contribution in [3.05, 3.63) is 40.2 Å². The molecule has 10 nitrogen and oxygen atoms in total. The normalized spacial score (nSPS) is 29.1. The number of primary amides is 1. The van der Waals surface area contributed by atoms with E-state index in [0.717, 1.165) is 5.69 Å². The van der Waals surface area contributed by atoms with Gasteiger partial charge in [0.15, 0.2) is 11.4 Å². The van der Waals surface area contributed by atoms with E-state index in [4.69, 9.17) is 5.73 Å². The summed E-state index contributed by atoms with van der Waals surface area (Å²) in [5, 5.41) is 43.9. The van der Waals surface area contributed by atoms with Gasteiger partial charge in [0.25, 0.3) is 5.91 Å². The quantitative estimate of drug-likeness (QED) is 0.394. The number of hydrogen-bond donors (Lipinski definition) is 5. The number of aliphatic hydroxyl groups excluding tert-OH is 2. The van der Waals surface area contributed by atoms with Crippen molar-refractivity contribution in [3.63, 3.8) is 0 Å². The average molecular weight is 457 g/mol. The van der Waals surface area contributed by atoms with Crippen LogP contribution in [-0.2, 0) is 20.8 Å². The lowest BCUT2D eigenvalue weighted by molar-refractivity contribution is -0.153. The molecule has 3 aliphatic rings. The predicted molar refractivity (Wildman–Crippen MR) is 119 cm³/mol. The Morgan fingerprint density at radius 2 is 1.76 bits per heavy atom. The summed E-state index contributed by atoms with van der Waals surface area (Å²) >= 11 is 0. The number of anilines is 1. The minimum atomic E-state index is -2.63. The van der Waals surface area contributed by atoms with E-state index in [2.05, 4.69) is 0 Å². The van der Waals surface area contributed by atoms with Crippen molar-refractivity contribution in [1.29, 1.82) is 0 Å². The number of fused-ring (bicyclic) bond motifs is 3. The van der Waals surface area contributed by atoms with Crippen LogP contribution in [0.5, 0.6) is 5.75 Å². The Hall–Kier alpha value is -3.37. The van der Waals surface area contributed by atoms with Gasteiger partial charge in [0, 0.05) is 31.3 Å². The van der Waals surface area contributed by atoms with E-state index in [1.54, 1.807) is 20.2 Å². The second kappa shape index (κ2) is 7.32. The molecule has 1 aromatic rings. The topological polar surface area (TPSA) is 165 Å². The molecule has 3 aliphatic carbocycles. The summed E-state index contributed by atoms with van der Waals surface area (Å²) in [6, 6.07) is 2.01. The Bertz CT molecular complexity index is 1170. The molecular weight excluding hydrogens is 430 g/mol. The van der Waals surface area contributed by atoms with Gasteiger partial charge in [-0.2, -0.15) is 0 Å². The number of ketones is 2. The monoisotopic (exact) mass is 457 g/mol. The fourth-order valence-electron chi connectivity index (χ4n) is 5.65. The average Bonchev–Trinajstić information content (AvgIpc) is 2.70. The van der Waals surface area contributed by atoms with Crippen LogP contribution in [0.3, 0.4) is 0 Å². The number of rotatable bonds is 3. The van der Waals surface area contributed by atoms with Gasteiger partial charge in [0.05, 0.1) is 11.6 Å². The van der Waals surface area contributed by atoms with Crippen molar-refractivity contribution in [2.75, 3.05) is 33.1 Å². The number of phenolic OH excluding ortho intramolecular Hbond substituents is 1. The van der Waals surface area contributed by atoms with E-state index >= 15 is 0 Å². The molecule has 0 bridgehead atoms. The van der Waals surface area contributed by atoms with Crippen LogP contribution in [0, 0.1) is 11.8 Å². The molecule has 176 valence electrons. The van der Waals surface area contributed by atoms with Gasteiger partial charge in [-0.1, -0.05) is 0 Å². The summed E-state index contributed by atoms with van der Waals surface area (Å²) in [5.41, 5.74) is 3.15. The number of carbonyl (C=O) groups is 3. The predicted octanol–water partition coefficient (Wildman–Crippen LogP) is 0.0300. The molecule has 0 spiro atoms. The summed E-state index contributed by atoms with van der Waals surface area (Å²) in [4.78, 5) is 42.0. The number of benzene rings is 1. The summed E-state index contributed by atoms with van der Waals surface area (Å²) in [6.07, 6.45) is 0.324. The lowest BCUT2D eigenvalue weighted by atomic mass is 9.57. The second-order valence-electron chi connectivity index (χ2n) is 9.31. The van der Waals surface area contributed by atoms with Gasteiger partial charge in [-0.25, -0.2) is 0 Å². The largest absolute Gasteiger partial charge is 0.508 e. The zero-order valence-electron chi connectivity index (χ0n) is 18.8. The molecule has 1 saturated carbocycles. The molecule has 0 aliphatic heterocycles. The Kier molecular flexibility index (Phi) is 5.06. The van der Waals surface area contributed by atoms with E-state index in [-0.39, 0.29) is 29.7 Å². The number of phenols is 1. The van der Waals surface area contributed by atoms with E-state index < -0.39 is 58.0 Å². The van der Waals surface area contributed by atoms with E-state index in [9.17, 15) is 34.8 Å². The lowest BCUT2D eigenvalue weighted by Gasteiger charge is -2.50. The van der Waals surface area contributed by atoms with Gasteiger partial charge < -0.3 is 31.1 Å². The first-order valence-corrected chi connectivity index (χ1v) is 10.5. The molecule has 4 rings (SSSR count). The Labute approximate surface area is 190 Å². The van der Waals surface area contributed by atoms with Crippen LogP contribution in [0.4, 0.5) is 5.69 Å². The number of likely N-dealkylation sites (N-methyl/N-ethyl adjacent to an activating group) is 1. The van der Waals surface area contributed by atoms with E-state index in [1.165, 1.54) is 11.0 Å². The number of nitrogens with two attached hydrogens (primary N) is 1. The van der Waals surface area contributed by atoms with Gasteiger partial charge in [0.1, 0.15) is 22.8 Å². The van der Waals surface area contributed by atoms with Crippen molar-refractivity contribution in [1.82, 2.24) is 4.90 Å². The Morgan fingerprint density at radius 3 is 2.30 bits per heavy atom. The number of nitrogens with zero attached hydrogens (tertiary/aromatic N) is 2. The van der Waals surface area contributed by atoms with Crippen LogP contribution in [0.25, 0.3) is 5.76 Å². The maximum Gasteiger partial charge on any atom is 0.255 e. The molecule has 6 N–H and O–H groups in total. The third kappa shape index (κ3) is 2.90. The fourth-order valence-corrected chi connectivity index (χ4v) is 5.65. The van der Waals surface area contributed by atoms with Crippen LogP contribution in [0.1, 0.15) is 17.5 Å². The molecule has 0 radical (unpaired) electrons. The highest BCUT2D eigenvalue weighted by Crippen LogP contribution is 2.53. The molecule has 0 unspecified atom stereocenters. The number of amides is 1. The highest BCUT2D eigenvalue weighted by Gasteiger charge is 2.64. The molecule has 1 aromatic carbocycles. The highest BCUT2D eigenvalue weighted by atomic mass is 16.3. The number of Topliss-reactive ketones (excluding diaryl/α,β-unsaturated/α-hetero) is 2. The van der Waals surface area contributed by atoms with Crippen LogP contribution in [0.15, 0.2) is 29.0 Å². The minimum Gasteiger partial charge on any atom is -0.508 e. The summed E-state index contributed by atoms with van der Waals surface area (Å²) in [6.45, 7) is 0. The van der Waals surface area contributed by atoms with Crippen molar-refractivity contribution < 1.29 is 34.8 Å². The first-order chi connectivity index (χ1) is 15.3. The van der Waals surface area contributed by atoms with Crippen LogP contribution < -0.4 is 10.6 Å². The van der Waals surface area contributed by atoms with Gasteiger partial charge in [-0.05, 0) is 50.6 Å². The maximum atomic E-state index is 13.7. The van der Waals surface area contributed by atoms with Gasteiger partial charge >= 0.3 is 0 Å². The minimum absolute atomic E-state index is 0.0638. The lowest BCUT2D eigenvalue weighted by Crippen LogP contribution is -2.65. The smallest absolute Gasteiger partial charge is 0.255 e. The molecule has 33 heavy (non-hydrogen) atoms. The number of aliphatic hydroxyl groups is 3.